The van der Waals surface area contributed by atoms with Gasteiger partial charge in [-0.25, -0.2) is 0 Å². The smallest absolute Gasteiger partial charge is 0.305 e. The molecule has 0 aromatic heterocycles. The molecule has 2 rings (SSSR count). The van der Waals surface area contributed by atoms with Gasteiger partial charge in [-0.3, -0.25) is 4.79 Å². The Morgan fingerprint density at radius 3 is 2.54 bits per heavy atom. The molecule has 0 radical (unpaired) electrons. The second-order valence-electron chi connectivity index (χ2n) is 7.26. The van der Waals surface area contributed by atoms with Gasteiger partial charge in [0.05, 0.1) is 21.3 Å². The number of rotatable bonds is 11. The van der Waals surface area contributed by atoms with E-state index in [0.717, 1.165) is 69.5 Å². The first-order valence-corrected chi connectivity index (χ1v) is 10.2. The number of halogens is 1. The average molecular weight is 414 g/mol. The number of fused-ring (bicyclic) bond motifs is 1. The summed E-state index contributed by atoms with van der Waals surface area (Å²) in [5, 5.41) is 0. The summed E-state index contributed by atoms with van der Waals surface area (Å²) < 4.78 is 15.8. The number of esters is 1. The molecule has 0 amide bonds. The highest BCUT2D eigenvalue weighted by atomic mass is 35.5. The molecule has 1 aromatic carbocycles. The zero-order chi connectivity index (χ0) is 19.6. The van der Waals surface area contributed by atoms with Crippen LogP contribution in [0, 0.1) is 0 Å². The second-order valence-corrected chi connectivity index (χ2v) is 7.26. The standard InChI is InChI=1S/C22H35NO4.ClH/c1-5-14-23(15-8-6-7-9-21(24)26-3)18-11-12-19-17(16-18)10-13-20(25-2)22(19)27-4;/h10,13,18H,5-9,11-12,14-16H2,1-4H3;1H/t18-;/m0./s1. The van der Waals surface area contributed by atoms with Gasteiger partial charge in [0.25, 0.3) is 0 Å². The Hall–Kier alpha value is -1.46. The molecule has 0 saturated carbocycles. The molecule has 1 aliphatic carbocycles. The predicted molar refractivity (Wildman–Crippen MR) is 115 cm³/mol. The van der Waals surface area contributed by atoms with Crippen LogP contribution < -0.4 is 9.47 Å². The van der Waals surface area contributed by atoms with Crippen LogP contribution in [0.3, 0.4) is 0 Å². The van der Waals surface area contributed by atoms with E-state index in [4.69, 9.17) is 14.2 Å². The minimum atomic E-state index is -0.103. The molecule has 1 aromatic rings. The van der Waals surface area contributed by atoms with E-state index >= 15 is 0 Å². The fraction of sp³-hybridized carbons (Fsp3) is 0.682. The molecule has 0 spiro atoms. The summed E-state index contributed by atoms with van der Waals surface area (Å²) in [4.78, 5) is 13.9. The molecule has 1 aliphatic rings. The Morgan fingerprint density at radius 1 is 1.11 bits per heavy atom. The van der Waals surface area contributed by atoms with E-state index in [1.165, 1.54) is 18.2 Å². The predicted octanol–water partition coefficient (Wildman–Crippen LogP) is 4.43. The van der Waals surface area contributed by atoms with E-state index in [-0.39, 0.29) is 18.4 Å². The molecule has 0 aliphatic heterocycles. The van der Waals surface area contributed by atoms with Crippen molar-refractivity contribution in [3.05, 3.63) is 23.3 Å². The fourth-order valence-corrected chi connectivity index (χ4v) is 4.10. The molecule has 0 heterocycles. The van der Waals surface area contributed by atoms with Gasteiger partial charge in [-0.05, 0) is 63.2 Å². The third kappa shape index (κ3) is 6.56. The lowest BCUT2D eigenvalue weighted by Gasteiger charge is -2.36. The number of unbranched alkanes of at least 4 members (excludes halogenated alkanes) is 2. The van der Waals surface area contributed by atoms with Gasteiger partial charge in [-0.2, -0.15) is 0 Å². The Bertz CT molecular complexity index is 608. The van der Waals surface area contributed by atoms with Gasteiger partial charge in [0.15, 0.2) is 11.5 Å². The first kappa shape index (κ1) is 24.6. The van der Waals surface area contributed by atoms with E-state index in [9.17, 15) is 4.79 Å². The maximum Gasteiger partial charge on any atom is 0.305 e. The highest BCUT2D eigenvalue weighted by Crippen LogP contribution is 2.38. The summed E-state index contributed by atoms with van der Waals surface area (Å²) in [5.41, 5.74) is 2.69. The lowest BCUT2D eigenvalue weighted by atomic mass is 9.86. The Kier molecular flexibility index (Phi) is 11.3. The molecule has 5 nitrogen and oxygen atoms in total. The molecule has 0 unspecified atom stereocenters. The van der Waals surface area contributed by atoms with Gasteiger partial charge >= 0.3 is 5.97 Å². The molecule has 160 valence electrons. The van der Waals surface area contributed by atoms with E-state index < -0.39 is 0 Å². The topological polar surface area (TPSA) is 48.0 Å². The Morgan fingerprint density at radius 2 is 1.89 bits per heavy atom. The molecule has 0 bridgehead atoms. The largest absolute Gasteiger partial charge is 0.493 e. The minimum Gasteiger partial charge on any atom is -0.493 e. The van der Waals surface area contributed by atoms with Crippen molar-refractivity contribution in [2.45, 2.75) is 64.3 Å². The quantitative estimate of drug-likeness (QED) is 0.396. The summed E-state index contributed by atoms with van der Waals surface area (Å²) >= 11 is 0. The fourth-order valence-electron chi connectivity index (χ4n) is 4.10. The monoisotopic (exact) mass is 413 g/mol. The van der Waals surface area contributed by atoms with Crippen LogP contribution in [0.5, 0.6) is 11.5 Å². The van der Waals surface area contributed by atoms with Crippen LogP contribution in [0.1, 0.15) is 56.6 Å². The van der Waals surface area contributed by atoms with Crippen molar-refractivity contribution in [2.75, 3.05) is 34.4 Å². The number of carbonyl (C=O) groups is 1. The number of hydrogen-bond acceptors (Lipinski definition) is 5. The van der Waals surface area contributed by atoms with Gasteiger partial charge < -0.3 is 19.1 Å². The van der Waals surface area contributed by atoms with Crippen molar-refractivity contribution in [3.63, 3.8) is 0 Å². The summed E-state index contributed by atoms with van der Waals surface area (Å²) in [6, 6.07) is 4.80. The van der Waals surface area contributed by atoms with Gasteiger partial charge in [-0.1, -0.05) is 19.4 Å². The Labute approximate surface area is 176 Å². The number of hydrogen-bond donors (Lipinski definition) is 0. The van der Waals surface area contributed by atoms with Crippen LogP contribution in [-0.2, 0) is 22.4 Å². The van der Waals surface area contributed by atoms with Crippen molar-refractivity contribution in [1.29, 1.82) is 0 Å². The number of ether oxygens (including phenoxy) is 3. The minimum absolute atomic E-state index is 0. The van der Waals surface area contributed by atoms with Crippen molar-refractivity contribution in [2.24, 2.45) is 0 Å². The van der Waals surface area contributed by atoms with Crippen LogP contribution >= 0.6 is 12.4 Å². The third-order valence-corrected chi connectivity index (χ3v) is 5.51. The van der Waals surface area contributed by atoms with Gasteiger partial charge in [-0.15, -0.1) is 12.4 Å². The lowest BCUT2D eigenvalue weighted by molar-refractivity contribution is -0.140. The first-order valence-electron chi connectivity index (χ1n) is 10.2. The van der Waals surface area contributed by atoms with Gasteiger partial charge in [0, 0.05) is 18.0 Å². The molecule has 0 fully saturated rings. The summed E-state index contributed by atoms with van der Waals surface area (Å²) in [7, 11) is 4.87. The van der Waals surface area contributed by atoms with Crippen LogP contribution in [0.4, 0.5) is 0 Å². The number of nitrogens with zero attached hydrogens (tertiary/aromatic N) is 1. The van der Waals surface area contributed by atoms with Gasteiger partial charge in [0.1, 0.15) is 0 Å². The number of benzene rings is 1. The molecule has 0 saturated heterocycles. The molecule has 28 heavy (non-hydrogen) atoms. The highest BCUT2D eigenvalue weighted by Gasteiger charge is 2.27. The van der Waals surface area contributed by atoms with Crippen LogP contribution in [0.15, 0.2) is 12.1 Å². The average Bonchev–Trinajstić information content (AvgIpc) is 2.71. The number of carbonyl (C=O) groups excluding carboxylic acids is 1. The third-order valence-electron chi connectivity index (χ3n) is 5.51. The lowest BCUT2D eigenvalue weighted by Crippen LogP contribution is -2.40. The van der Waals surface area contributed by atoms with Crippen molar-refractivity contribution in [3.8, 4) is 11.5 Å². The van der Waals surface area contributed by atoms with Crippen LogP contribution in [-0.4, -0.2) is 51.3 Å². The number of methoxy groups -OCH3 is 3. The maximum atomic E-state index is 11.2. The Balaban J connectivity index is 0.00000392. The molecular formula is C22H36ClNO4. The molecule has 1 atom stereocenters. The summed E-state index contributed by atoms with van der Waals surface area (Å²) in [6.45, 7) is 4.47. The molecule has 6 heteroatoms. The van der Waals surface area contributed by atoms with Crippen molar-refractivity contribution < 1.29 is 19.0 Å². The summed E-state index contributed by atoms with van der Waals surface area (Å²) in [6.07, 6.45) is 8.06. The molecular weight excluding hydrogens is 378 g/mol. The van der Waals surface area contributed by atoms with E-state index in [1.54, 1.807) is 14.2 Å². The van der Waals surface area contributed by atoms with Crippen molar-refractivity contribution >= 4 is 18.4 Å². The zero-order valence-electron chi connectivity index (χ0n) is 17.8. The van der Waals surface area contributed by atoms with E-state index in [0.29, 0.717) is 12.5 Å². The van der Waals surface area contributed by atoms with E-state index in [1.807, 2.05) is 6.07 Å². The summed E-state index contributed by atoms with van der Waals surface area (Å²) in [5.74, 6) is 1.62. The highest BCUT2D eigenvalue weighted by molar-refractivity contribution is 5.85. The van der Waals surface area contributed by atoms with Crippen LogP contribution in [0.25, 0.3) is 0 Å². The zero-order valence-corrected chi connectivity index (χ0v) is 18.6. The SMILES string of the molecule is CCCN(CCCCCC(=O)OC)[C@H]1CCc2c(ccc(OC)c2OC)C1.Cl. The van der Waals surface area contributed by atoms with Crippen molar-refractivity contribution in [1.82, 2.24) is 4.90 Å². The normalized spacial score (nSPS) is 15.5. The maximum absolute atomic E-state index is 11.2. The molecule has 0 N–H and O–H groups in total. The second kappa shape index (κ2) is 12.9. The first-order chi connectivity index (χ1) is 13.1. The van der Waals surface area contributed by atoms with E-state index in [2.05, 4.69) is 17.9 Å². The van der Waals surface area contributed by atoms with Crippen LogP contribution in [0.2, 0.25) is 0 Å². The van der Waals surface area contributed by atoms with Gasteiger partial charge in [0.2, 0.25) is 0 Å².